The number of ether oxygens (including phenoxy) is 2. The van der Waals surface area contributed by atoms with E-state index in [1.165, 1.54) is 5.56 Å². The third-order valence-electron chi connectivity index (χ3n) is 7.65. The summed E-state index contributed by atoms with van der Waals surface area (Å²) in [4.78, 5) is 27.5. The maximum absolute atomic E-state index is 13.3. The van der Waals surface area contributed by atoms with Gasteiger partial charge >= 0.3 is 0 Å². The monoisotopic (exact) mass is 412 g/mol. The van der Waals surface area contributed by atoms with Crippen molar-refractivity contribution in [3.63, 3.8) is 0 Å². The molecule has 6 nitrogen and oxygen atoms in total. The highest BCUT2D eigenvalue weighted by molar-refractivity contribution is 5.80. The Hall–Kier alpha value is -2.08. The predicted octanol–water partition coefficient (Wildman–Crippen LogP) is 3.15. The summed E-state index contributed by atoms with van der Waals surface area (Å²) in [5, 5.41) is 3.28. The van der Waals surface area contributed by atoms with Crippen molar-refractivity contribution < 1.29 is 19.1 Å². The van der Waals surface area contributed by atoms with E-state index in [4.69, 9.17) is 9.47 Å². The third kappa shape index (κ3) is 3.70. The fraction of sp³-hybridized carbons (Fsp3) is 0.667. The first-order chi connectivity index (χ1) is 14.6. The van der Waals surface area contributed by atoms with E-state index in [0.29, 0.717) is 25.5 Å². The first-order valence-corrected chi connectivity index (χ1v) is 11.6. The highest BCUT2D eigenvalue weighted by Gasteiger charge is 2.49. The number of rotatable bonds is 0. The van der Waals surface area contributed by atoms with Crippen molar-refractivity contribution in [1.29, 1.82) is 0 Å². The number of benzene rings is 1. The zero-order valence-electron chi connectivity index (χ0n) is 17.6. The minimum absolute atomic E-state index is 0.0103. The van der Waals surface area contributed by atoms with Crippen molar-refractivity contribution in [3.05, 3.63) is 29.8 Å². The Balaban J connectivity index is 1.46. The van der Waals surface area contributed by atoms with Crippen molar-refractivity contribution in [3.8, 4) is 5.75 Å². The van der Waals surface area contributed by atoms with Gasteiger partial charge in [0, 0.05) is 13.0 Å². The van der Waals surface area contributed by atoms with Crippen LogP contribution in [0.15, 0.2) is 24.3 Å². The van der Waals surface area contributed by atoms with Gasteiger partial charge in [-0.25, -0.2) is 0 Å². The maximum atomic E-state index is 13.3. The SMILES string of the molecule is O=C1CCCC2(CCCN3C(=O)COc4ccccc4[C@H]4CC[C@H](CC4)OCC32)N1. The summed E-state index contributed by atoms with van der Waals surface area (Å²) in [7, 11) is 0. The lowest BCUT2D eigenvalue weighted by molar-refractivity contribution is -0.148. The molecule has 1 N–H and O–H groups in total. The normalized spacial score (nSPS) is 34.7. The van der Waals surface area contributed by atoms with E-state index in [-0.39, 0.29) is 36.1 Å². The van der Waals surface area contributed by atoms with Crippen LogP contribution in [0.2, 0.25) is 0 Å². The average Bonchev–Trinajstić information content (AvgIpc) is 2.78. The molecule has 2 unspecified atom stereocenters. The van der Waals surface area contributed by atoms with Crippen molar-refractivity contribution in [2.24, 2.45) is 0 Å². The maximum Gasteiger partial charge on any atom is 0.260 e. The van der Waals surface area contributed by atoms with Gasteiger partial charge in [0.2, 0.25) is 5.91 Å². The molecule has 6 heteroatoms. The molecule has 2 bridgehead atoms. The summed E-state index contributed by atoms with van der Waals surface area (Å²) in [5.41, 5.74) is 0.854. The van der Waals surface area contributed by atoms with Crippen LogP contribution in [0, 0.1) is 0 Å². The number of carbonyl (C=O) groups is 2. The van der Waals surface area contributed by atoms with Crippen LogP contribution in [-0.2, 0) is 14.3 Å². The van der Waals surface area contributed by atoms with Crippen molar-refractivity contribution >= 4 is 11.8 Å². The molecular weight excluding hydrogens is 380 g/mol. The lowest BCUT2D eigenvalue weighted by Gasteiger charge is -2.52. The summed E-state index contributed by atoms with van der Waals surface area (Å²) < 4.78 is 12.5. The fourth-order valence-electron chi connectivity index (χ4n) is 6.08. The van der Waals surface area contributed by atoms with Gasteiger partial charge in [0.25, 0.3) is 5.91 Å². The molecule has 0 aromatic heterocycles. The molecule has 1 aromatic rings. The molecule has 30 heavy (non-hydrogen) atoms. The quantitative estimate of drug-likeness (QED) is 0.711. The Morgan fingerprint density at radius 2 is 1.83 bits per heavy atom. The molecule has 4 aliphatic heterocycles. The van der Waals surface area contributed by atoms with Crippen LogP contribution in [0.1, 0.15) is 69.3 Å². The van der Waals surface area contributed by atoms with Crippen LogP contribution in [0.3, 0.4) is 0 Å². The second-order valence-corrected chi connectivity index (χ2v) is 9.40. The minimum atomic E-state index is -0.363. The predicted molar refractivity (Wildman–Crippen MR) is 112 cm³/mol. The Kier molecular flexibility index (Phi) is 5.44. The Morgan fingerprint density at radius 3 is 2.67 bits per heavy atom. The second-order valence-electron chi connectivity index (χ2n) is 9.40. The van der Waals surface area contributed by atoms with E-state index in [1.54, 1.807) is 0 Å². The smallest absolute Gasteiger partial charge is 0.260 e. The number of carbonyl (C=O) groups excluding carboxylic acids is 2. The lowest BCUT2D eigenvalue weighted by Crippen LogP contribution is -2.69. The number of piperidine rings is 2. The fourth-order valence-corrected chi connectivity index (χ4v) is 6.08. The molecule has 6 rings (SSSR count). The number of nitrogens with one attached hydrogen (secondary N) is 1. The summed E-state index contributed by atoms with van der Waals surface area (Å²) in [6, 6.07) is 8.04. The Labute approximate surface area is 178 Å². The van der Waals surface area contributed by atoms with Crippen LogP contribution < -0.4 is 10.1 Å². The first-order valence-electron chi connectivity index (χ1n) is 11.6. The molecule has 2 amide bonds. The van der Waals surface area contributed by atoms with Gasteiger partial charge in [-0.3, -0.25) is 9.59 Å². The Bertz CT molecular complexity index is 800. The largest absolute Gasteiger partial charge is 0.483 e. The standard InChI is InChI=1S/C24H32N2O4/c27-22-7-3-12-24(25-22)13-4-14-26-21(24)15-29-18-10-8-17(9-11-18)19-5-1-2-6-20(19)30-16-23(26)28/h1-2,5-6,17-18,21H,3-4,7-16H2,(H,25,27)/t17-,18+,21?,24?. The zero-order valence-corrected chi connectivity index (χ0v) is 17.6. The molecule has 1 aliphatic carbocycles. The first kappa shape index (κ1) is 19.9. The van der Waals surface area contributed by atoms with Crippen LogP contribution in [0.25, 0.3) is 0 Å². The molecule has 2 atom stereocenters. The molecule has 0 radical (unpaired) electrons. The van der Waals surface area contributed by atoms with E-state index >= 15 is 0 Å². The van der Waals surface area contributed by atoms with Crippen LogP contribution in [0.4, 0.5) is 0 Å². The molecule has 1 saturated carbocycles. The molecule has 1 spiro atoms. The van der Waals surface area contributed by atoms with Crippen LogP contribution in [0.5, 0.6) is 5.75 Å². The molecule has 162 valence electrons. The number of hydrogen-bond donors (Lipinski definition) is 1. The molecular formula is C24H32N2O4. The molecule has 4 heterocycles. The topological polar surface area (TPSA) is 67.9 Å². The second kappa shape index (κ2) is 8.22. The van der Waals surface area contributed by atoms with E-state index < -0.39 is 0 Å². The molecule has 2 saturated heterocycles. The lowest BCUT2D eigenvalue weighted by atomic mass is 9.75. The van der Waals surface area contributed by atoms with Gasteiger partial charge in [-0.2, -0.15) is 0 Å². The summed E-state index contributed by atoms with van der Waals surface area (Å²) in [5.74, 6) is 1.39. The van der Waals surface area contributed by atoms with Gasteiger partial charge in [-0.1, -0.05) is 18.2 Å². The molecule has 3 fully saturated rings. The summed E-state index contributed by atoms with van der Waals surface area (Å²) in [6.45, 7) is 1.23. The number of amides is 2. The van der Waals surface area contributed by atoms with Gasteiger partial charge < -0.3 is 19.7 Å². The Morgan fingerprint density at radius 1 is 1.03 bits per heavy atom. The highest BCUT2D eigenvalue weighted by Crippen LogP contribution is 2.40. The van der Waals surface area contributed by atoms with Crippen LogP contribution >= 0.6 is 0 Å². The van der Waals surface area contributed by atoms with Gasteiger partial charge in [0.15, 0.2) is 6.61 Å². The van der Waals surface area contributed by atoms with Crippen molar-refractivity contribution in [1.82, 2.24) is 10.2 Å². The van der Waals surface area contributed by atoms with E-state index in [0.717, 1.165) is 57.1 Å². The van der Waals surface area contributed by atoms with E-state index in [2.05, 4.69) is 17.4 Å². The summed E-state index contributed by atoms with van der Waals surface area (Å²) in [6.07, 6.45) is 8.60. The van der Waals surface area contributed by atoms with Gasteiger partial charge in [-0.05, 0) is 68.9 Å². The minimum Gasteiger partial charge on any atom is -0.483 e. The highest BCUT2D eigenvalue weighted by atomic mass is 16.5. The number of para-hydroxylation sites is 1. The van der Waals surface area contributed by atoms with Crippen LogP contribution in [-0.4, -0.2) is 54.2 Å². The molecule has 1 aromatic carbocycles. The number of fused-ring (bicyclic) bond motifs is 5. The third-order valence-corrected chi connectivity index (χ3v) is 7.65. The van der Waals surface area contributed by atoms with E-state index in [9.17, 15) is 9.59 Å². The van der Waals surface area contributed by atoms with Gasteiger partial charge in [0.1, 0.15) is 5.75 Å². The molecule has 5 aliphatic rings. The summed E-state index contributed by atoms with van der Waals surface area (Å²) >= 11 is 0. The van der Waals surface area contributed by atoms with Crippen molar-refractivity contribution in [2.75, 3.05) is 19.8 Å². The number of hydrogen-bond acceptors (Lipinski definition) is 4. The van der Waals surface area contributed by atoms with E-state index in [1.807, 2.05) is 17.0 Å². The average molecular weight is 413 g/mol. The number of nitrogens with zero attached hydrogens (tertiary/aromatic N) is 1. The van der Waals surface area contributed by atoms with Gasteiger partial charge in [0.05, 0.1) is 24.3 Å². The van der Waals surface area contributed by atoms with Crippen molar-refractivity contribution in [2.45, 2.75) is 81.4 Å². The van der Waals surface area contributed by atoms with Gasteiger partial charge in [-0.15, -0.1) is 0 Å². The zero-order chi connectivity index (χ0) is 20.6.